The maximum absolute atomic E-state index is 13.8. The van der Waals surface area contributed by atoms with Gasteiger partial charge in [0.25, 0.3) is 5.91 Å². The van der Waals surface area contributed by atoms with E-state index in [2.05, 4.69) is 10.3 Å². The molecule has 2 aliphatic heterocycles. The molecule has 38 heavy (non-hydrogen) atoms. The van der Waals surface area contributed by atoms with Crippen molar-refractivity contribution in [1.29, 1.82) is 0 Å². The Morgan fingerprint density at radius 1 is 1.18 bits per heavy atom. The summed E-state index contributed by atoms with van der Waals surface area (Å²) in [5.41, 5.74) is 6.23. The van der Waals surface area contributed by atoms with Gasteiger partial charge in [0.05, 0.1) is 16.1 Å². The summed E-state index contributed by atoms with van der Waals surface area (Å²) in [4.78, 5) is 49.0. The van der Waals surface area contributed by atoms with Crippen LogP contribution in [-0.4, -0.2) is 51.1 Å². The SMILES string of the molecule is Cc1ncsc1-c1ccc(CNC(=O)[C@@H]2CCCN2C(=O)C(C(C)C)N2Cc3c(Cl)cccc3C2=O)cc1. The number of aryl methyl sites for hydroxylation is 1. The van der Waals surface area contributed by atoms with Gasteiger partial charge in [-0.1, -0.05) is 55.8 Å². The van der Waals surface area contributed by atoms with Crippen molar-refractivity contribution in [2.75, 3.05) is 6.54 Å². The zero-order chi connectivity index (χ0) is 27.0. The van der Waals surface area contributed by atoms with Crippen LogP contribution in [0.15, 0.2) is 48.0 Å². The Kier molecular flexibility index (Phi) is 7.54. The summed E-state index contributed by atoms with van der Waals surface area (Å²) in [6.45, 7) is 7.03. The topological polar surface area (TPSA) is 82.6 Å². The molecular weight excluding hydrogens is 520 g/mol. The monoisotopic (exact) mass is 550 g/mol. The fraction of sp³-hybridized carbons (Fsp3) is 0.379. The van der Waals surface area contributed by atoms with Crippen molar-refractivity contribution in [3.63, 3.8) is 0 Å². The molecule has 2 atom stereocenters. The first kappa shape index (κ1) is 26.4. The second kappa shape index (κ2) is 10.9. The number of hydrogen-bond donors (Lipinski definition) is 1. The fourth-order valence-corrected chi connectivity index (χ4v) is 6.50. The summed E-state index contributed by atoms with van der Waals surface area (Å²) in [6.07, 6.45) is 1.35. The molecule has 0 saturated carbocycles. The number of carbonyl (C=O) groups is 3. The molecule has 0 bridgehead atoms. The molecule has 9 heteroatoms. The minimum atomic E-state index is -0.665. The van der Waals surface area contributed by atoms with Gasteiger partial charge in [-0.15, -0.1) is 11.3 Å². The molecule has 2 aromatic carbocycles. The van der Waals surface area contributed by atoms with Gasteiger partial charge < -0.3 is 15.1 Å². The molecule has 3 aromatic rings. The van der Waals surface area contributed by atoms with Crippen LogP contribution in [0, 0.1) is 12.8 Å². The van der Waals surface area contributed by atoms with Crippen molar-refractivity contribution in [3.05, 3.63) is 75.4 Å². The molecule has 198 valence electrons. The lowest BCUT2D eigenvalue weighted by Gasteiger charge is -2.35. The zero-order valence-corrected chi connectivity index (χ0v) is 23.3. The summed E-state index contributed by atoms with van der Waals surface area (Å²) in [7, 11) is 0. The van der Waals surface area contributed by atoms with Gasteiger partial charge >= 0.3 is 0 Å². The molecule has 2 aliphatic rings. The van der Waals surface area contributed by atoms with Crippen LogP contribution in [0.3, 0.4) is 0 Å². The number of benzene rings is 2. The standard InChI is InChI=1S/C29H31ClN4O3S/c1-17(2)25(34-15-22-21(28(34)36)6-4-7-23(22)30)29(37)33-13-5-8-24(33)27(35)31-14-19-9-11-20(12-10-19)26-18(3)32-16-38-26/h4,6-7,9-12,16-17,24-25H,5,8,13-15H2,1-3H3,(H,31,35)/t24-,25?/m0/s1. The first-order valence-electron chi connectivity index (χ1n) is 12.9. The second-order valence-corrected chi connectivity index (χ2v) is 11.5. The minimum absolute atomic E-state index is 0.121. The number of rotatable bonds is 7. The molecule has 7 nitrogen and oxygen atoms in total. The number of thiazole rings is 1. The number of likely N-dealkylation sites (tertiary alicyclic amines) is 1. The van der Waals surface area contributed by atoms with E-state index in [1.54, 1.807) is 39.3 Å². The van der Waals surface area contributed by atoms with Crippen LogP contribution in [0.2, 0.25) is 5.02 Å². The molecule has 1 aromatic heterocycles. The Morgan fingerprint density at radius 3 is 2.61 bits per heavy atom. The molecule has 0 aliphatic carbocycles. The van der Waals surface area contributed by atoms with E-state index in [4.69, 9.17) is 11.6 Å². The largest absolute Gasteiger partial charge is 0.350 e. The van der Waals surface area contributed by atoms with E-state index >= 15 is 0 Å². The van der Waals surface area contributed by atoms with Gasteiger partial charge in [-0.05, 0) is 48.9 Å². The number of halogens is 1. The number of amides is 3. The molecule has 5 rings (SSSR count). The highest BCUT2D eigenvalue weighted by Crippen LogP contribution is 2.33. The van der Waals surface area contributed by atoms with E-state index in [1.807, 2.05) is 50.5 Å². The van der Waals surface area contributed by atoms with Gasteiger partial charge in [0.2, 0.25) is 11.8 Å². The first-order chi connectivity index (χ1) is 18.3. The van der Waals surface area contributed by atoms with Gasteiger partial charge in [-0.3, -0.25) is 14.4 Å². The highest BCUT2D eigenvalue weighted by atomic mass is 35.5. The highest BCUT2D eigenvalue weighted by molar-refractivity contribution is 7.13. The van der Waals surface area contributed by atoms with Crippen molar-refractivity contribution in [2.24, 2.45) is 5.92 Å². The Morgan fingerprint density at radius 2 is 1.95 bits per heavy atom. The molecule has 0 radical (unpaired) electrons. The lowest BCUT2D eigenvalue weighted by Crippen LogP contribution is -2.55. The normalized spacial score (nSPS) is 17.7. The predicted octanol–water partition coefficient (Wildman–Crippen LogP) is 5.06. The maximum atomic E-state index is 13.8. The maximum Gasteiger partial charge on any atom is 0.255 e. The van der Waals surface area contributed by atoms with E-state index in [0.717, 1.165) is 33.7 Å². The summed E-state index contributed by atoms with van der Waals surface area (Å²) < 4.78 is 0. The predicted molar refractivity (Wildman–Crippen MR) is 149 cm³/mol. The number of carbonyl (C=O) groups excluding carboxylic acids is 3. The lowest BCUT2D eigenvalue weighted by molar-refractivity contribution is -0.143. The smallest absolute Gasteiger partial charge is 0.255 e. The summed E-state index contributed by atoms with van der Waals surface area (Å²) in [6, 6.07) is 12.1. The van der Waals surface area contributed by atoms with Crippen LogP contribution in [0.25, 0.3) is 10.4 Å². The fourth-order valence-electron chi connectivity index (χ4n) is 5.45. The van der Waals surface area contributed by atoms with Crippen LogP contribution < -0.4 is 5.32 Å². The first-order valence-corrected chi connectivity index (χ1v) is 14.2. The van der Waals surface area contributed by atoms with E-state index < -0.39 is 12.1 Å². The van der Waals surface area contributed by atoms with E-state index in [0.29, 0.717) is 36.6 Å². The Labute approximate surface area is 231 Å². The van der Waals surface area contributed by atoms with Gasteiger partial charge in [-0.2, -0.15) is 0 Å². The lowest BCUT2D eigenvalue weighted by atomic mass is 10.0. The third-order valence-electron chi connectivity index (χ3n) is 7.43. The van der Waals surface area contributed by atoms with Crippen LogP contribution >= 0.6 is 22.9 Å². The number of hydrogen-bond acceptors (Lipinski definition) is 5. The van der Waals surface area contributed by atoms with Crippen molar-refractivity contribution in [3.8, 4) is 10.4 Å². The van der Waals surface area contributed by atoms with E-state index in [9.17, 15) is 14.4 Å². The molecular formula is C29H31ClN4O3S. The van der Waals surface area contributed by atoms with Crippen LogP contribution in [0.4, 0.5) is 0 Å². The van der Waals surface area contributed by atoms with Crippen molar-refractivity contribution < 1.29 is 14.4 Å². The molecule has 1 saturated heterocycles. The van der Waals surface area contributed by atoms with Crippen molar-refractivity contribution in [1.82, 2.24) is 20.1 Å². The molecule has 1 fully saturated rings. The minimum Gasteiger partial charge on any atom is -0.350 e. The Hall–Kier alpha value is -3.23. The summed E-state index contributed by atoms with van der Waals surface area (Å²) in [5.74, 6) is -0.657. The zero-order valence-electron chi connectivity index (χ0n) is 21.7. The van der Waals surface area contributed by atoms with Crippen LogP contribution in [0.5, 0.6) is 0 Å². The molecule has 3 amide bonds. The van der Waals surface area contributed by atoms with Crippen molar-refractivity contribution >= 4 is 40.7 Å². The quantitative estimate of drug-likeness (QED) is 0.446. The van der Waals surface area contributed by atoms with Gasteiger partial charge in [0.1, 0.15) is 12.1 Å². The number of nitrogens with zero attached hydrogens (tertiary/aromatic N) is 3. The molecule has 1 unspecified atom stereocenters. The Bertz CT molecular complexity index is 1370. The van der Waals surface area contributed by atoms with E-state index in [1.165, 1.54) is 0 Å². The third kappa shape index (κ3) is 4.95. The molecule has 3 heterocycles. The Balaban J connectivity index is 1.26. The molecule has 1 N–H and O–H groups in total. The van der Waals surface area contributed by atoms with Crippen LogP contribution in [-0.2, 0) is 22.7 Å². The summed E-state index contributed by atoms with van der Waals surface area (Å²) >= 11 is 7.96. The third-order valence-corrected chi connectivity index (χ3v) is 8.76. The number of nitrogens with one attached hydrogen (secondary N) is 1. The summed E-state index contributed by atoms with van der Waals surface area (Å²) in [5, 5.41) is 3.55. The second-order valence-electron chi connectivity index (χ2n) is 10.3. The van der Waals surface area contributed by atoms with Gasteiger partial charge in [-0.25, -0.2) is 4.98 Å². The number of fused-ring (bicyclic) bond motifs is 1. The average Bonchev–Trinajstić information content (AvgIpc) is 3.63. The van der Waals surface area contributed by atoms with Crippen LogP contribution in [0.1, 0.15) is 53.9 Å². The van der Waals surface area contributed by atoms with Crippen molar-refractivity contribution in [2.45, 2.75) is 58.8 Å². The average molecular weight is 551 g/mol. The molecule has 0 spiro atoms. The van der Waals surface area contributed by atoms with Gasteiger partial charge in [0.15, 0.2) is 0 Å². The van der Waals surface area contributed by atoms with E-state index in [-0.39, 0.29) is 23.6 Å². The van der Waals surface area contributed by atoms with Gasteiger partial charge in [0, 0.05) is 35.8 Å². The highest BCUT2D eigenvalue weighted by Gasteiger charge is 2.44. The number of aromatic nitrogens is 1.